The van der Waals surface area contributed by atoms with Gasteiger partial charge in [0.15, 0.2) is 0 Å². The first kappa shape index (κ1) is 10.1. The van der Waals surface area contributed by atoms with Crippen molar-refractivity contribution >= 4 is 5.69 Å². The summed E-state index contributed by atoms with van der Waals surface area (Å²) in [6.07, 6.45) is -3.34. The minimum Gasteiger partial charge on any atom is -0.345 e. The van der Waals surface area contributed by atoms with Crippen LogP contribution in [0.1, 0.15) is 12.0 Å². The molecule has 1 aromatic carbocycles. The van der Waals surface area contributed by atoms with E-state index in [4.69, 9.17) is 0 Å². The van der Waals surface area contributed by atoms with Crippen molar-refractivity contribution in [2.24, 2.45) is 0 Å². The Kier molecular flexibility index (Phi) is 2.21. The molecule has 15 heavy (non-hydrogen) atoms. The normalized spacial score (nSPS) is 16.5. The zero-order valence-electron chi connectivity index (χ0n) is 8.01. The number of alkyl halides is 3. The van der Waals surface area contributed by atoms with Crippen LogP contribution in [-0.2, 0) is 6.18 Å². The van der Waals surface area contributed by atoms with Crippen molar-refractivity contribution < 1.29 is 13.2 Å². The second kappa shape index (κ2) is 3.29. The number of halogens is 3. The minimum atomic E-state index is -4.26. The minimum absolute atomic E-state index is 0.614. The monoisotopic (exact) mass is 213 g/mol. The lowest BCUT2D eigenvalue weighted by Crippen LogP contribution is -2.33. The maximum Gasteiger partial charge on any atom is 0.416 e. The fraction of sp³-hybridized carbons (Fsp3) is 0.273. The topological polar surface area (TPSA) is 3.24 Å². The van der Waals surface area contributed by atoms with Crippen LogP contribution in [0.5, 0.6) is 0 Å². The second-order valence-electron chi connectivity index (χ2n) is 3.51. The lowest BCUT2D eigenvalue weighted by Gasteiger charge is -2.35. The smallest absolute Gasteiger partial charge is 0.345 e. The predicted molar refractivity (Wildman–Crippen MR) is 52.5 cm³/mol. The quantitative estimate of drug-likeness (QED) is 0.690. The molecule has 2 rings (SSSR count). The van der Waals surface area contributed by atoms with Crippen molar-refractivity contribution in [2.45, 2.75) is 12.6 Å². The summed E-state index contributed by atoms with van der Waals surface area (Å²) in [5, 5.41) is 0. The molecule has 1 aliphatic rings. The van der Waals surface area contributed by atoms with Gasteiger partial charge in [-0.25, -0.2) is 0 Å². The van der Waals surface area contributed by atoms with E-state index in [1.165, 1.54) is 12.1 Å². The van der Waals surface area contributed by atoms with Crippen molar-refractivity contribution in [1.29, 1.82) is 0 Å². The summed E-state index contributed by atoms with van der Waals surface area (Å²) < 4.78 is 36.8. The Bertz CT molecular complexity index is 378. The van der Waals surface area contributed by atoms with Gasteiger partial charge in [-0.2, -0.15) is 13.2 Å². The molecule has 0 unspecified atom stereocenters. The van der Waals surface area contributed by atoms with E-state index in [2.05, 4.69) is 6.58 Å². The third kappa shape index (κ3) is 1.84. The molecule has 4 heteroatoms. The van der Waals surface area contributed by atoms with Gasteiger partial charge in [-0.3, -0.25) is 0 Å². The van der Waals surface area contributed by atoms with Gasteiger partial charge in [0.05, 0.1) is 5.56 Å². The van der Waals surface area contributed by atoms with E-state index in [0.717, 1.165) is 36.5 Å². The van der Waals surface area contributed by atoms with E-state index in [1.54, 1.807) is 0 Å². The highest BCUT2D eigenvalue weighted by Crippen LogP contribution is 2.33. The standard InChI is InChI=1S/C11H10F3N/c1-8-6-7-15(8)10-4-2-9(3-5-10)11(12,13)14/h2-5H,1,6-7H2. The molecule has 1 fully saturated rings. The van der Waals surface area contributed by atoms with Crippen molar-refractivity contribution in [3.63, 3.8) is 0 Å². The SMILES string of the molecule is C=C1CCN1c1ccc(C(F)(F)F)cc1. The molecule has 1 saturated heterocycles. The van der Waals surface area contributed by atoms with E-state index in [9.17, 15) is 13.2 Å². The van der Waals surface area contributed by atoms with Gasteiger partial charge in [0.2, 0.25) is 0 Å². The van der Waals surface area contributed by atoms with Gasteiger partial charge in [0, 0.05) is 24.4 Å². The molecule has 0 aliphatic carbocycles. The molecule has 0 aromatic heterocycles. The van der Waals surface area contributed by atoms with Crippen LogP contribution in [0.25, 0.3) is 0 Å². The zero-order valence-corrected chi connectivity index (χ0v) is 8.01. The summed E-state index contributed by atoms with van der Waals surface area (Å²) >= 11 is 0. The third-order valence-electron chi connectivity index (χ3n) is 2.51. The number of hydrogen-bond donors (Lipinski definition) is 0. The van der Waals surface area contributed by atoms with E-state index in [0.29, 0.717) is 0 Å². The highest BCUT2D eigenvalue weighted by atomic mass is 19.4. The fourth-order valence-corrected chi connectivity index (χ4v) is 1.52. The first-order valence-corrected chi connectivity index (χ1v) is 4.61. The van der Waals surface area contributed by atoms with Gasteiger partial charge in [-0.05, 0) is 24.3 Å². The highest BCUT2D eigenvalue weighted by Gasteiger charge is 2.30. The van der Waals surface area contributed by atoms with Gasteiger partial charge < -0.3 is 4.90 Å². The molecule has 0 N–H and O–H groups in total. The predicted octanol–water partition coefficient (Wildman–Crippen LogP) is 3.43. The van der Waals surface area contributed by atoms with Crippen molar-refractivity contribution in [2.75, 3.05) is 11.4 Å². The molecule has 0 amide bonds. The maximum absolute atomic E-state index is 12.3. The number of rotatable bonds is 1. The van der Waals surface area contributed by atoms with Gasteiger partial charge in [0.1, 0.15) is 0 Å². The van der Waals surface area contributed by atoms with Crippen LogP contribution in [0.2, 0.25) is 0 Å². The number of anilines is 1. The number of nitrogens with zero attached hydrogens (tertiary/aromatic N) is 1. The van der Waals surface area contributed by atoms with Gasteiger partial charge in [-0.1, -0.05) is 6.58 Å². The average Bonchev–Trinajstić information content (AvgIpc) is 2.15. The summed E-state index contributed by atoms with van der Waals surface area (Å²) in [5.74, 6) is 0. The fourth-order valence-electron chi connectivity index (χ4n) is 1.52. The highest BCUT2D eigenvalue weighted by molar-refractivity contribution is 5.56. The van der Waals surface area contributed by atoms with Crippen LogP contribution < -0.4 is 4.90 Å². The summed E-state index contributed by atoms with van der Waals surface area (Å²) in [5.41, 5.74) is 1.12. The lowest BCUT2D eigenvalue weighted by molar-refractivity contribution is -0.137. The lowest BCUT2D eigenvalue weighted by atomic mass is 10.1. The Labute approximate surface area is 85.8 Å². The summed E-state index contributed by atoms with van der Waals surface area (Å²) in [6, 6.07) is 5.15. The van der Waals surface area contributed by atoms with Gasteiger partial charge >= 0.3 is 6.18 Å². The van der Waals surface area contributed by atoms with E-state index < -0.39 is 11.7 Å². The molecule has 80 valence electrons. The van der Waals surface area contributed by atoms with E-state index >= 15 is 0 Å². The van der Waals surface area contributed by atoms with Crippen LogP contribution in [0.4, 0.5) is 18.9 Å². The van der Waals surface area contributed by atoms with Crippen molar-refractivity contribution in [3.8, 4) is 0 Å². The van der Waals surface area contributed by atoms with E-state index in [1.807, 2.05) is 4.90 Å². The Morgan fingerprint density at radius 1 is 1.13 bits per heavy atom. The van der Waals surface area contributed by atoms with Gasteiger partial charge in [0.25, 0.3) is 0 Å². The Morgan fingerprint density at radius 2 is 1.73 bits per heavy atom. The van der Waals surface area contributed by atoms with Crippen LogP contribution in [0.3, 0.4) is 0 Å². The molecular formula is C11H10F3N. The summed E-state index contributed by atoms with van der Waals surface area (Å²) in [7, 11) is 0. The molecule has 0 bridgehead atoms. The summed E-state index contributed by atoms with van der Waals surface area (Å²) in [6.45, 7) is 4.63. The van der Waals surface area contributed by atoms with Crippen LogP contribution in [0.15, 0.2) is 36.5 Å². The van der Waals surface area contributed by atoms with Crippen molar-refractivity contribution in [1.82, 2.24) is 0 Å². The molecule has 1 aromatic rings. The van der Waals surface area contributed by atoms with Crippen LogP contribution in [0, 0.1) is 0 Å². The molecule has 0 saturated carbocycles. The molecule has 0 radical (unpaired) electrons. The molecule has 1 heterocycles. The van der Waals surface area contributed by atoms with E-state index in [-0.39, 0.29) is 0 Å². The Hall–Kier alpha value is -1.45. The molecule has 1 aliphatic heterocycles. The number of hydrogen-bond acceptors (Lipinski definition) is 1. The number of benzene rings is 1. The van der Waals surface area contributed by atoms with Gasteiger partial charge in [-0.15, -0.1) is 0 Å². The maximum atomic E-state index is 12.3. The summed E-state index contributed by atoms with van der Waals surface area (Å²) in [4.78, 5) is 1.90. The first-order valence-electron chi connectivity index (χ1n) is 4.61. The molecule has 1 nitrogen and oxygen atoms in total. The Morgan fingerprint density at radius 3 is 2.07 bits per heavy atom. The van der Waals surface area contributed by atoms with Crippen molar-refractivity contribution in [3.05, 3.63) is 42.1 Å². The zero-order chi connectivity index (χ0) is 11.1. The first-order chi connectivity index (χ1) is 6.98. The second-order valence-corrected chi connectivity index (χ2v) is 3.51. The van der Waals surface area contributed by atoms with Crippen LogP contribution in [-0.4, -0.2) is 6.54 Å². The third-order valence-corrected chi connectivity index (χ3v) is 2.51. The van der Waals surface area contributed by atoms with Crippen LogP contribution >= 0.6 is 0 Å². The Balaban J connectivity index is 2.21. The molecule has 0 atom stereocenters. The molecule has 0 spiro atoms. The molecular weight excluding hydrogens is 203 g/mol. The average molecular weight is 213 g/mol. The largest absolute Gasteiger partial charge is 0.416 e.